The lowest BCUT2D eigenvalue weighted by molar-refractivity contribution is -0.115. The molecule has 19 heavy (non-hydrogen) atoms. The molecule has 1 aromatic carbocycles. The zero-order valence-corrected chi connectivity index (χ0v) is 11.1. The molecular weight excluding hydrogens is 282 g/mol. The number of nitrogens with zero attached hydrogens (tertiary/aromatic N) is 3. The first-order chi connectivity index (χ1) is 9.24. The minimum absolute atomic E-state index is 0.182. The Labute approximate surface area is 117 Å². The number of H-pyrrole nitrogens is 1. The Kier molecular flexibility index (Phi) is 3.10. The van der Waals surface area contributed by atoms with Gasteiger partial charge < -0.3 is 5.32 Å². The number of tetrazole rings is 1. The summed E-state index contributed by atoms with van der Waals surface area (Å²) in [5.41, 5.74) is 1.64. The quantitative estimate of drug-likeness (QED) is 0.641. The summed E-state index contributed by atoms with van der Waals surface area (Å²) >= 11 is 6.19. The molecule has 6 nitrogen and oxygen atoms in total. The van der Waals surface area contributed by atoms with Crippen molar-refractivity contribution >= 4 is 40.3 Å². The normalized spacial score (nSPS) is 16.9. The van der Waals surface area contributed by atoms with Gasteiger partial charge in [-0.05, 0) is 16.9 Å². The molecule has 2 aromatic rings. The van der Waals surface area contributed by atoms with Crippen molar-refractivity contribution in [3.8, 4) is 11.4 Å². The van der Waals surface area contributed by atoms with Crippen molar-refractivity contribution in [1.82, 2.24) is 25.9 Å². The zero-order valence-electron chi connectivity index (χ0n) is 9.45. The van der Waals surface area contributed by atoms with Crippen LogP contribution in [0.1, 0.15) is 5.56 Å². The summed E-state index contributed by atoms with van der Waals surface area (Å²) in [7, 11) is 0. The van der Waals surface area contributed by atoms with Crippen LogP contribution in [0.25, 0.3) is 17.5 Å². The lowest BCUT2D eigenvalue weighted by Crippen LogP contribution is -2.17. The fraction of sp³-hybridized carbons (Fsp3) is 0. The van der Waals surface area contributed by atoms with Gasteiger partial charge in [-0.3, -0.25) is 4.79 Å². The lowest BCUT2D eigenvalue weighted by Gasteiger charge is -2.01. The van der Waals surface area contributed by atoms with Gasteiger partial charge in [-0.25, -0.2) is 0 Å². The van der Waals surface area contributed by atoms with Gasteiger partial charge in [-0.2, -0.15) is 5.21 Å². The van der Waals surface area contributed by atoms with Crippen LogP contribution in [-0.2, 0) is 4.79 Å². The highest BCUT2D eigenvalue weighted by molar-refractivity contribution is 8.26. The van der Waals surface area contributed by atoms with Crippen molar-refractivity contribution in [1.29, 1.82) is 0 Å². The van der Waals surface area contributed by atoms with E-state index in [1.54, 1.807) is 6.08 Å². The van der Waals surface area contributed by atoms with Crippen LogP contribution in [0.15, 0.2) is 29.2 Å². The van der Waals surface area contributed by atoms with Crippen molar-refractivity contribution in [2.45, 2.75) is 0 Å². The van der Waals surface area contributed by atoms with E-state index in [9.17, 15) is 4.79 Å². The number of carbonyl (C=O) groups excluding carboxylic acids is 1. The smallest absolute Gasteiger partial charge is 0.263 e. The second-order valence-electron chi connectivity index (χ2n) is 3.67. The van der Waals surface area contributed by atoms with Crippen LogP contribution >= 0.6 is 24.0 Å². The molecule has 0 spiro atoms. The van der Waals surface area contributed by atoms with Gasteiger partial charge in [0.05, 0.1) is 4.91 Å². The van der Waals surface area contributed by atoms with E-state index < -0.39 is 0 Å². The van der Waals surface area contributed by atoms with Crippen LogP contribution in [0.5, 0.6) is 0 Å². The standard InChI is InChI=1S/C11H7N5OS2/c17-10-8(19-11(18)12-10)5-6-3-1-2-4-7(6)9-13-15-16-14-9/h1-5H,(H,12,17,18)(H,13,14,15,16)/b8-5-. The molecule has 8 heteroatoms. The molecule has 0 aliphatic carbocycles. The molecule has 2 N–H and O–H groups in total. The number of hydrogen-bond acceptors (Lipinski definition) is 6. The largest absolute Gasteiger partial charge is 0.307 e. The Morgan fingerprint density at radius 1 is 1.32 bits per heavy atom. The summed E-state index contributed by atoms with van der Waals surface area (Å²) < 4.78 is 0.466. The Hall–Kier alpha value is -2.06. The van der Waals surface area contributed by atoms with Crippen LogP contribution in [0.4, 0.5) is 0 Å². The van der Waals surface area contributed by atoms with Crippen molar-refractivity contribution in [3.63, 3.8) is 0 Å². The van der Waals surface area contributed by atoms with E-state index in [1.807, 2.05) is 24.3 Å². The number of carbonyl (C=O) groups is 1. The van der Waals surface area contributed by atoms with Crippen molar-refractivity contribution in [3.05, 3.63) is 34.7 Å². The average Bonchev–Trinajstić information content (AvgIpc) is 3.01. The van der Waals surface area contributed by atoms with Gasteiger partial charge in [-0.15, -0.1) is 10.2 Å². The van der Waals surface area contributed by atoms with E-state index in [2.05, 4.69) is 25.9 Å². The third kappa shape index (κ3) is 2.40. The Balaban J connectivity index is 2.05. The highest BCUT2D eigenvalue weighted by Crippen LogP contribution is 2.29. The van der Waals surface area contributed by atoms with Gasteiger partial charge in [0.25, 0.3) is 5.91 Å². The van der Waals surface area contributed by atoms with Gasteiger partial charge in [0, 0.05) is 5.56 Å². The molecule has 1 saturated heterocycles. The lowest BCUT2D eigenvalue weighted by atomic mass is 10.1. The summed E-state index contributed by atoms with van der Waals surface area (Å²) in [6, 6.07) is 7.51. The molecule has 1 aliphatic rings. The number of hydrogen-bond donors (Lipinski definition) is 2. The molecule has 0 atom stereocenters. The Bertz CT molecular complexity index is 680. The van der Waals surface area contributed by atoms with E-state index in [-0.39, 0.29) is 5.91 Å². The van der Waals surface area contributed by atoms with E-state index in [0.717, 1.165) is 11.1 Å². The molecule has 94 valence electrons. The van der Waals surface area contributed by atoms with Crippen molar-refractivity contribution in [2.75, 3.05) is 0 Å². The molecule has 1 aromatic heterocycles. The minimum atomic E-state index is -0.182. The predicted molar refractivity (Wildman–Crippen MR) is 75.9 cm³/mol. The number of aromatic nitrogens is 4. The van der Waals surface area contributed by atoms with Crippen LogP contribution < -0.4 is 5.32 Å². The number of thioether (sulfide) groups is 1. The molecule has 0 saturated carbocycles. The van der Waals surface area contributed by atoms with Gasteiger partial charge in [0.15, 0.2) is 0 Å². The van der Waals surface area contributed by atoms with Crippen LogP contribution in [-0.4, -0.2) is 30.9 Å². The SMILES string of the molecule is O=C1NC(=S)S/C1=C\c1ccccc1-c1nn[nH]n1. The summed E-state index contributed by atoms with van der Waals surface area (Å²) in [6.07, 6.45) is 1.77. The maximum atomic E-state index is 11.6. The number of benzene rings is 1. The van der Waals surface area contributed by atoms with E-state index in [1.165, 1.54) is 11.8 Å². The molecule has 1 fully saturated rings. The first-order valence-corrected chi connectivity index (χ1v) is 6.54. The number of thiocarbonyl (C=S) groups is 1. The third-order valence-corrected chi connectivity index (χ3v) is 3.64. The van der Waals surface area contributed by atoms with E-state index in [0.29, 0.717) is 15.1 Å². The monoisotopic (exact) mass is 289 g/mol. The number of nitrogens with one attached hydrogen (secondary N) is 2. The maximum absolute atomic E-state index is 11.6. The first kappa shape index (κ1) is 12.0. The van der Waals surface area contributed by atoms with E-state index >= 15 is 0 Å². The third-order valence-electron chi connectivity index (χ3n) is 2.48. The molecule has 2 heterocycles. The Morgan fingerprint density at radius 3 is 2.84 bits per heavy atom. The molecule has 0 bridgehead atoms. The van der Waals surface area contributed by atoms with Crippen LogP contribution in [0, 0.1) is 0 Å². The summed E-state index contributed by atoms with van der Waals surface area (Å²) in [4.78, 5) is 12.2. The van der Waals surface area contributed by atoms with E-state index in [4.69, 9.17) is 12.2 Å². The molecular formula is C11H7N5OS2. The Morgan fingerprint density at radius 2 is 2.16 bits per heavy atom. The molecule has 0 radical (unpaired) electrons. The van der Waals surface area contributed by atoms with Crippen molar-refractivity contribution in [2.24, 2.45) is 0 Å². The number of aromatic amines is 1. The highest BCUT2D eigenvalue weighted by Gasteiger charge is 2.22. The summed E-state index contributed by atoms with van der Waals surface area (Å²) in [5.74, 6) is 0.302. The predicted octanol–water partition coefficient (Wildman–Crippen LogP) is 1.36. The highest BCUT2D eigenvalue weighted by atomic mass is 32.2. The molecule has 1 amide bonds. The number of rotatable bonds is 2. The first-order valence-electron chi connectivity index (χ1n) is 5.32. The fourth-order valence-electron chi connectivity index (χ4n) is 1.66. The fourth-order valence-corrected chi connectivity index (χ4v) is 2.70. The molecule has 3 rings (SSSR count). The van der Waals surface area contributed by atoms with Gasteiger partial charge in [-0.1, -0.05) is 48.2 Å². The summed E-state index contributed by atoms with van der Waals surface area (Å²) in [6.45, 7) is 0. The molecule has 1 aliphatic heterocycles. The topological polar surface area (TPSA) is 83.6 Å². The minimum Gasteiger partial charge on any atom is -0.307 e. The van der Waals surface area contributed by atoms with Gasteiger partial charge in [0.1, 0.15) is 4.32 Å². The number of amides is 1. The summed E-state index contributed by atoms with van der Waals surface area (Å²) in [5, 5.41) is 16.4. The van der Waals surface area contributed by atoms with Gasteiger partial charge >= 0.3 is 0 Å². The maximum Gasteiger partial charge on any atom is 0.263 e. The zero-order chi connectivity index (χ0) is 13.2. The van der Waals surface area contributed by atoms with Crippen LogP contribution in [0.2, 0.25) is 0 Å². The second kappa shape index (κ2) is 4.90. The molecule has 0 unspecified atom stereocenters. The van der Waals surface area contributed by atoms with Crippen LogP contribution in [0.3, 0.4) is 0 Å². The van der Waals surface area contributed by atoms with Gasteiger partial charge in [0.2, 0.25) is 5.82 Å². The average molecular weight is 289 g/mol. The van der Waals surface area contributed by atoms with Crippen molar-refractivity contribution < 1.29 is 4.79 Å². The second-order valence-corrected chi connectivity index (χ2v) is 5.39.